The first kappa shape index (κ1) is 24.9. The molecule has 35 heavy (non-hydrogen) atoms. The molecule has 188 valence electrons. The molecular formula is C26H37N7O2. The van der Waals surface area contributed by atoms with Gasteiger partial charge in [0, 0.05) is 56.8 Å². The fourth-order valence-electron chi connectivity index (χ4n) is 4.69. The summed E-state index contributed by atoms with van der Waals surface area (Å²) in [5.74, 6) is 2.37. The lowest BCUT2D eigenvalue weighted by atomic mass is 10.2. The van der Waals surface area contributed by atoms with Gasteiger partial charge in [0.1, 0.15) is 11.3 Å². The number of carbonyl (C=O) groups excluding carboxylic acids is 1. The van der Waals surface area contributed by atoms with Crippen molar-refractivity contribution in [2.45, 2.75) is 59.2 Å². The summed E-state index contributed by atoms with van der Waals surface area (Å²) in [5.41, 5.74) is 2.42. The summed E-state index contributed by atoms with van der Waals surface area (Å²) in [6.07, 6.45) is 3.38. The Kier molecular flexibility index (Phi) is 7.85. The maximum Gasteiger partial charge on any atom is 0.222 e. The van der Waals surface area contributed by atoms with Crippen molar-refractivity contribution in [1.82, 2.24) is 29.3 Å². The van der Waals surface area contributed by atoms with Crippen molar-refractivity contribution in [2.75, 3.05) is 38.6 Å². The molecule has 1 aromatic carbocycles. The number of aromatic nitrogens is 4. The Labute approximate surface area is 207 Å². The molecule has 3 aromatic rings. The smallest absolute Gasteiger partial charge is 0.222 e. The van der Waals surface area contributed by atoms with E-state index >= 15 is 0 Å². The highest BCUT2D eigenvalue weighted by Crippen LogP contribution is 2.26. The van der Waals surface area contributed by atoms with Gasteiger partial charge < -0.3 is 19.5 Å². The van der Waals surface area contributed by atoms with Crippen LogP contribution in [-0.4, -0.2) is 80.6 Å². The molecule has 2 aromatic heterocycles. The van der Waals surface area contributed by atoms with Gasteiger partial charge in [0.25, 0.3) is 0 Å². The van der Waals surface area contributed by atoms with Crippen LogP contribution in [0.5, 0.6) is 5.75 Å². The number of nitrogens with one attached hydrogen (secondary N) is 1. The number of benzene rings is 1. The van der Waals surface area contributed by atoms with Gasteiger partial charge in [-0.25, -0.2) is 15.0 Å². The highest BCUT2D eigenvalue weighted by Gasteiger charge is 2.21. The normalized spacial score (nSPS) is 14.2. The zero-order chi connectivity index (χ0) is 24.9. The van der Waals surface area contributed by atoms with E-state index in [1.54, 1.807) is 13.4 Å². The molecule has 0 unspecified atom stereocenters. The lowest BCUT2D eigenvalue weighted by molar-refractivity contribution is -0.127. The van der Waals surface area contributed by atoms with E-state index < -0.39 is 0 Å². The molecule has 1 aliphatic heterocycles. The molecule has 1 fully saturated rings. The largest absolute Gasteiger partial charge is 0.497 e. The lowest BCUT2D eigenvalue weighted by Gasteiger charge is -2.30. The van der Waals surface area contributed by atoms with Crippen molar-refractivity contribution in [3.05, 3.63) is 30.6 Å². The van der Waals surface area contributed by atoms with Crippen LogP contribution in [0.15, 0.2) is 30.6 Å². The molecule has 9 nitrogen and oxygen atoms in total. The Morgan fingerprint density at radius 2 is 1.83 bits per heavy atom. The first-order valence-electron chi connectivity index (χ1n) is 12.5. The number of hydrogen-bond acceptors (Lipinski definition) is 7. The van der Waals surface area contributed by atoms with Crippen molar-refractivity contribution in [3.63, 3.8) is 0 Å². The molecule has 1 amide bonds. The van der Waals surface area contributed by atoms with E-state index in [-0.39, 0.29) is 5.91 Å². The first-order chi connectivity index (χ1) is 16.9. The van der Waals surface area contributed by atoms with Crippen LogP contribution in [0.2, 0.25) is 0 Å². The number of rotatable bonds is 11. The van der Waals surface area contributed by atoms with Crippen molar-refractivity contribution in [2.24, 2.45) is 0 Å². The number of nitrogens with zero attached hydrogens (tertiary/aromatic N) is 6. The second kappa shape index (κ2) is 11.0. The van der Waals surface area contributed by atoms with Crippen LogP contribution in [0.3, 0.4) is 0 Å². The maximum atomic E-state index is 12.1. The van der Waals surface area contributed by atoms with Crippen molar-refractivity contribution in [1.29, 1.82) is 0 Å². The second-order valence-electron chi connectivity index (χ2n) is 9.57. The summed E-state index contributed by atoms with van der Waals surface area (Å²) in [4.78, 5) is 30.8. The predicted molar refractivity (Wildman–Crippen MR) is 139 cm³/mol. The molecule has 1 N–H and O–H groups in total. The summed E-state index contributed by atoms with van der Waals surface area (Å²) in [7, 11) is 1.65. The third-order valence-electron chi connectivity index (χ3n) is 6.58. The van der Waals surface area contributed by atoms with Gasteiger partial charge in [0.15, 0.2) is 17.3 Å². The minimum atomic E-state index is 0.227. The standard InChI is InChI=1S/C26H37N7O2/c1-18(2)33(19(3)4)14-12-27-25-23-26(30-24(29-25)20-8-10-21(35-5)11-9-20)32(17-28-23)16-15-31-13-6-7-22(31)34/h8-11,17-19H,6-7,12-16H2,1-5H3,(H,27,29,30). The van der Waals surface area contributed by atoms with Gasteiger partial charge in [0.05, 0.1) is 13.4 Å². The zero-order valence-corrected chi connectivity index (χ0v) is 21.5. The van der Waals surface area contributed by atoms with Gasteiger partial charge in [-0.05, 0) is 58.4 Å². The van der Waals surface area contributed by atoms with E-state index in [0.29, 0.717) is 37.4 Å². The van der Waals surface area contributed by atoms with Gasteiger partial charge >= 0.3 is 0 Å². The topological polar surface area (TPSA) is 88.4 Å². The molecule has 0 saturated carbocycles. The number of amides is 1. The Morgan fingerprint density at radius 1 is 1.09 bits per heavy atom. The highest BCUT2D eigenvalue weighted by atomic mass is 16.5. The van der Waals surface area contributed by atoms with Gasteiger partial charge in [0.2, 0.25) is 5.91 Å². The fraction of sp³-hybridized carbons (Fsp3) is 0.538. The summed E-state index contributed by atoms with van der Waals surface area (Å²) >= 11 is 0. The molecule has 0 bridgehead atoms. The van der Waals surface area contributed by atoms with Crippen molar-refractivity contribution < 1.29 is 9.53 Å². The third-order valence-corrected chi connectivity index (χ3v) is 6.58. The van der Waals surface area contributed by atoms with Gasteiger partial charge in [-0.3, -0.25) is 9.69 Å². The van der Waals surface area contributed by atoms with Crippen LogP contribution in [0.1, 0.15) is 40.5 Å². The molecule has 0 spiro atoms. The fourth-order valence-corrected chi connectivity index (χ4v) is 4.69. The van der Waals surface area contributed by atoms with E-state index in [1.807, 2.05) is 33.7 Å². The van der Waals surface area contributed by atoms with E-state index in [1.165, 1.54) is 0 Å². The monoisotopic (exact) mass is 479 g/mol. The maximum absolute atomic E-state index is 12.1. The number of anilines is 1. The number of imidazole rings is 1. The van der Waals surface area contributed by atoms with E-state index in [9.17, 15) is 4.79 Å². The molecule has 9 heteroatoms. The van der Waals surface area contributed by atoms with E-state index in [2.05, 4.69) is 42.9 Å². The minimum Gasteiger partial charge on any atom is -0.497 e. The van der Waals surface area contributed by atoms with E-state index in [0.717, 1.165) is 54.3 Å². The molecule has 1 saturated heterocycles. The number of fused-ring (bicyclic) bond motifs is 1. The molecule has 0 atom stereocenters. The predicted octanol–water partition coefficient (Wildman–Crippen LogP) is 3.66. The number of methoxy groups -OCH3 is 1. The molecule has 4 rings (SSSR count). The Balaban J connectivity index is 1.62. The molecule has 1 aliphatic rings. The minimum absolute atomic E-state index is 0.227. The molecule has 3 heterocycles. The first-order valence-corrected chi connectivity index (χ1v) is 12.5. The highest BCUT2D eigenvalue weighted by molar-refractivity contribution is 5.85. The molecule has 0 radical (unpaired) electrons. The van der Waals surface area contributed by atoms with Gasteiger partial charge in [-0.1, -0.05) is 0 Å². The molecular weight excluding hydrogens is 442 g/mol. The van der Waals surface area contributed by atoms with Crippen molar-refractivity contribution >= 4 is 22.9 Å². The van der Waals surface area contributed by atoms with Crippen LogP contribution in [0, 0.1) is 0 Å². The summed E-state index contributed by atoms with van der Waals surface area (Å²) in [5, 5.41) is 3.52. The Morgan fingerprint density at radius 3 is 2.46 bits per heavy atom. The zero-order valence-electron chi connectivity index (χ0n) is 21.5. The third kappa shape index (κ3) is 5.73. The number of carbonyl (C=O) groups is 1. The van der Waals surface area contributed by atoms with Crippen LogP contribution in [0.4, 0.5) is 5.82 Å². The SMILES string of the molecule is COc1ccc(-c2nc(NCCN(C(C)C)C(C)C)c3ncn(CCN4CCCC4=O)c3n2)cc1. The second-order valence-corrected chi connectivity index (χ2v) is 9.57. The van der Waals surface area contributed by atoms with Gasteiger partial charge in [-0.2, -0.15) is 0 Å². The summed E-state index contributed by atoms with van der Waals surface area (Å²) < 4.78 is 7.33. The van der Waals surface area contributed by atoms with Crippen LogP contribution >= 0.6 is 0 Å². The quantitative estimate of drug-likeness (QED) is 0.449. The number of ether oxygens (including phenoxy) is 1. The summed E-state index contributed by atoms with van der Waals surface area (Å²) in [6.45, 7) is 12.7. The van der Waals surface area contributed by atoms with Crippen molar-refractivity contribution in [3.8, 4) is 17.1 Å². The Hall–Kier alpha value is -3.20. The van der Waals surface area contributed by atoms with Crippen LogP contribution < -0.4 is 10.1 Å². The van der Waals surface area contributed by atoms with E-state index in [4.69, 9.17) is 14.7 Å². The number of hydrogen-bond donors (Lipinski definition) is 1. The average molecular weight is 480 g/mol. The number of likely N-dealkylation sites (tertiary alicyclic amines) is 1. The summed E-state index contributed by atoms with van der Waals surface area (Å²) in [6, 6.07) is 8.68. The Bertz CT molecular complexity index is 1130. The van der Waals surface area contributed by atoms with Crippen LogP contribution in [-0.2, 0) is 11.3 Å². The van der Waals surface area contributed by atoms with Gasteiger partial charge in [-0.15, -0.1) is 0 Å². The average Bonchev–Trinajstić information content (AvgIpc) is 3.45. The molecule has 0 aliphatic carbocycles. The lowest BCUT2D eigenvalue weighted by Crippen LogP contribution is -2.40. The van der Waals surface area contributed by atoms with Crippen LogP contribution in [0.25, 0.3) is 22.6 Å².